The highest BCUT2D eigenvalue weighted by Gasteiger charge is 2.02. The van der Waals surface area contributed by atoms with E-state index < -0.39 is 0 Å². The summed E-state index contributed by atoms with van der Waals surface area (Å²) >= 11 is 5.82. The van der Waals surface area contributed by atoms with Gasteiger partial charge in [-0.25, -0.2) is 5.43 Å². The lowest BCUT2D eigenvalue weighted by atomic mass is 10.1. The molecule has 0 aliphatic rings. The van der Waals surface area contributed by atoms with E-state index in [1.165, 1.54) is 0 Å². The van der Waals surface area contributed by atoms with Crippen molar-refractivity contribution in [2.24, 2.45) is 5.10 Å². The van der Waals surface area contributed by atoms with Crippen LogP contribution in [0.1, 0.15) is 18.1 Å². The summed E-state index contributed by atoms with van der Waals surface area (Å²) in [6.07, 6.45) is 0.318. The molecule has 102 valence electrons. The summed E-state index contributed by atoms with van der Waals surface area (Å²) < 4.78 is 0. The molecule has 0 fully saturated rings. The van der Waals surface area contributed by atoms with E-state index >= 15 is 0 Å². The van der Waals surface area contributed by atoms with Crippen molar-refractivity contribution in [2.75, 3.05) is 0 Å². The monoisotopic (exact) mass is 286 g/mol. The van der Waals surface area contributed by atoms with Gasteiger partial charge < -0.3 is 0 Å². The first kappa shape index (κ1) is 14.3. The molecule has 1 N–H and O–H groups in total. The molecule has 0 spiro atoms. The zero-order valence-corrected chi connectivity index (χ0v) is 11.9. The van der Waals surface area contributed by atoms with E-state index in [0.717, 1.165) is 16.8 Å². The SMILES string of the molecule is C/C(=N\NC(=O)Cc1ccccc1)c1ccc(Cl)cc1. The molecule has 0 aliphatic carbocycles. The molecule has 2 rings (SSSR count). The highest BCUT2D eigenvalue weighted by molar-refractivity contribution is 6.30. The second-order valence-corrected chi connectivity index (χ2v) is 4.84. The fraction of sp³-hybridized carbons (Fsp3) is 0.125. The van der Waals surface area contributed by atoms with Crippen molar-refractivity contribution in [2.45, 2.75) is 13.3 Å². The minimum Gasteiger partial charge on any atom is -0.273 e. The zero-order valence-electron chi connectivity index (χ0n) is 11.1. The molecule has 0 unspecified atom stereocenters. The van der Waals surface area contributed by atoms with Gasteiger partial charge >= 0.3 is 0 Å². The van der Waals surface area contributed by atoms with E-state index in [0.29, 0.717) is 11.4 Å². The molecule has 20 heavy (non-hydrogen) atoms. The van der Waals surface area contributed by atoms with Gasteiger partial charge in [0.05, 0.1) is 12.1 Å². The molecule has 0 radical (unpaired) electrons. The van der Waals surface area contributed by atoms with Crippen molar-refractivity contribution in [3.8, 4) is 0 Å². The Bertz CT molecular complexity index is 606. The Labute approximate surface area is 123 Å². The summed E-state index contributed by atoms with van der Waals surface area (Å²) in [5.74, 6) is -0.135. The summed E-state index contributed by atoms with van der Waals surface area (Å²) in [6, 6.07) is 16.9. The third-order valence-corrected chi connectivity index (χ3v) is 3.07. The average Bonchev–Trinajstić information content (AvgIpc) is 2.46. The molecule has 0 saturated carbocycles. The fourth-order valence-corrected chi connectivity index (χ4v) is 1.85. The van der Waals surface area contributed by atoms with E-state index in [1.807, 2.05) is 49.4 Å². The topological polar surface area (TPSA) is 41.5 Å². The highest BCUT2D eigenvalue weighted by atomic mass is 35.5. The molecule has 0 heterocycles. The molecule has 4 heteroatoms. The molecule has 2 aromatic rings. The number of carbonyl (C=O) groups is 1. The minimum atomic E-state index is -0.135. The Kier molecular flexibility index (Phi) is 4.91. The Hall–Kier alpha value is -2.13. The van der Waals surface area contributed by atoms with Crippen LogP contribution in [0.3, 0.4) is 0 Å². The van der Waals surface area contributed by atoms with Crippen molar-refractivity contribution in [1.82, 2.24) is 5.43 Å². The molecule has 1 amide bonds. The number of benzene rings is 2. The summed E-state index contributed by atoms with van der Waals surface area (Å²) in [5, 5.41) is 4.77. The molecule has 0 bridgehead atoms. The van der Waals surface area contributed by atoms with E-state index in [-0.39, 0.29) is 5.91 Å². The van der Waals surface area contributed by atoms with Crippen molar-refractivity contribution in [1.29, 1.82) is 0 Å². The van der Waals surface area contributed by atoms with Gasteiger partial charge in [0, 0.05) is 5.02 Å². The fourth-order valence-electron chi connectivity index (χ4n) is 1.72. The van der Waals surface area contributed by atoms with Crippen LogP contribution < -0.4 is 5.43 Å². The maximum absolute atomic E-state index is 11.8. The van der Waals surface area contributed by atoms with E-state index in [9.17, 15) is 4.79 Å². The summed E-state index contributed by atoms with van der Waals surface area (Å²) in [4.78, 5) is 11.8. The van der Waals surface area contributed by atoms with E-state index in [2.05, 4.69) is 10.5 Å². The lowest BCUT2D eigenvalue weighted by molar-refractivity contribution is -0.120. The number of nitrogens with one attached hydrogen (secondary N) is 1. The van der Waals surface area contributed by atoms with Crippen LogP contribution in [-0.2, 0) is 11.2 Å². The van der Waals surface area contributed by atoms with Crippen molar-refractivity contribution in [3.05, 3.63) is 70.7 Å². The molecule has 2 aromatic carbocycles. The van der Waals surface area contributed by atoms with Gasteiger partial charge in [-0.3, -0.25) is 4.79 Å². The van der Waals surface area contributed by atoms with Crippen LogP contribution in [-0.4, -0.2) is 11.6 Å². The van der Waals surface area contributed by atoms with E-state index in [1.54, 1.807) is 12.1 Å². The quantitative estimate of drug-likeness (QED) is 0.679. The number of rotatable bonds is 4. The van der Waals surface area contributed by atoms with Crippen molar-refractivity contribution in [3.63, 3.8) is 0 Å². The first-order valence-electron chi connectivity index (χ1n) is 6.28. The molecular formula is C16H15ClN2O. The van der Waals surface area contributed by atoms with E-state index in [4.69, 9.17) is 11.6 Å². The van der Waals surface area contributed by atoms with Crippen LogP contribution in [0.2, 0.25) is 5.02 Å². The number of hydrogen-bond acceptors (Lipinski definition) is 2. The van der Waals surface area contributed by atoms with Crippen LogP contribution in [0, 0.1) is 0 Å². The van der Waals surface area contributed by atoms with Crippen LogP contribution in [0.25, 0.3) is 0 Å². The van der Waals surface area contributed by atoms with Crippen molar-refractivity contribution >= 4 is 23.2 Å². The van der Waals surface area contributed by atoms with Crippen LogP contribution in [0.4, 0.5) is 0 Å². The Morgan fingerprint density at radius 3 is 2.40 bits per heavy atom. The third kappa shape index (κ3) is 4.21. The summed E-state index contributed by atoms with van der Waals surface area (Å²) in [5.41, 5.74) is 5.19. The first-order valence-corrected chi connectivity index (χ1v) is 6.66. The molecule has 0 aliphatic heterocycles. The van der Waals surface area contributed by atoms with Gasteiger partial charge in [0.1, 0.15) is 0 Å². The second kappa shape index (κ2) is 6.87. The van der Waals surface area contributed by atoms with Gasteiger partial charge in [-0.2, -0.15) is 5.10 Å². The molecule has 0 saturated heterocycles. The normalized spacial score (nSPS) is 11.2. The number of amides is 1. The Morgan fingerprint density at radius 1 is 1.10 bits per heavy atom. The van der Waals surface area contributed by atoms with Gasteiger partial charge in [-0.05, 0) is 30.2 Å². The molecule has 0 atom stereocenters. The first-order chi connectivity index (χ1) is 9.65. The number of hydrazone groups is 1. The predicted molar refractivity (Wildman–Crippen MR) is 82.0 cm³/mol. The largest absolute Gasteiger partial charge is 0.273 e. The Balaban J connectivity index is 1.95. The van der Waals surface area contributed by atoms with Crippen LogP contribution in [0.15, 0.2) is 59.7 Å². The number of hydrogen-bond donors (Lipinski definition) is 1. The zero-order chi connectivity index (χ0) is 14.4. The van der Waals surface area contributed by atoms with Crippen molar-refractivity contribution < 1.29 is 4.79 Å². The highest BCUT2D eigenvalue weighted by Crippen LogP contribution is 2.10. The molecule has 0 aromatic heterocycles. The second-order valence-electron chi connectivity index (χ2n) is 4.40. The van der Waals surface area contributed by atoms with Gasteiger partial charge in [0.15, 0.2) is 0 Å². The summed E-state index contributed by atoms with van der Waals surface area (Å²) in [6.45, 7) is 1.84. The predicted octanol–water partition coefficient (Wildman–Crippen LogP) is 3.42. The van der Waals surface area contributed by atoms with Gasteiger partial charge in [0.25, 0.3) is 0 Å². The third-order valence-electron chi connectivity index (χ3n) is 2.82. The standard InChI is InChI=1S/C16H15ClN2O/c1-12(14-7-9-15(17)10-8-14)18-19-16(20)11-13-5-3-2-4-6-13/h2-10H,11H2,1H3,(H,19,20)/b18-12+. The smallest absolute Gasteiger partial charge is 0.244 e. The van der Waals surface area contributed by atoms with Crippen LogP contribution in [0.5, 0.6) is 0 Å². The maximum Gasteiger partial charge on any atom is 0.244 e. The Morgan fingerprint density at radius 2 is 1.75 bits per heavy atom. The lowest BCUT2D eigenvalue weighted by Crippen LogP contribution is -2.21. The minimum absolute atomic E-state index is 0.135. The maximum atomic E-state index is 11.8. The molecular weight excluding hydrogens is 272 g/mol. The number of nitrogens with zero attached hydrogens (tertiary/aromatic N) is 1. The number of carbonyl (C=O) groups excluding carboxylic acids is 1. The van der Waals surface area contributed by atoms with Gasteiger partial charge in [0.2, 0.25) is 5.91 Å². The molecule has 3 nitrogen and oxygen atoms in total. The van der Waals surface area contributed by atoms with Gasteiger partial charge in [-0.15, -0.1) is 0 Å². The number of halogens is 1. The summed E-state index contributed by atoms with van der Waals surface area (Å²) in [7, 11) is 0. The van der Waals surface area contributed by atoms with Gasteiger partial charge in [-0.1, -0.05) is 54.1 Å². The van der Waals surface area contributed by atoms with Crippen LogP contribution >= 0.6 is 11.6 Å². The lowest BCUT2D eigenvalue weighted by Gasteiger charge is -2.03. The average molecular weight is 287 g/mol.